The molecule has 0 N–H and O–H groups in total. The van der Waals surface area contributed by atoms with Crippen molar-refractivity contribution < 1.29 is 21.9 Å². The van der Waals surface area contributed by atoms with Crippen molar-refractivity contribution in [2.75, 3.05) is 0 Å². The molecule has 2 aliphatic carbocycles. The van der Waals surface area contributed by atoms with Crippen LogP contribution in [0.25, 0.3) is 0 Å². The monoisotopic (exact) mass is 284 g/mol. The van der Waals surface area contributed by atoms with Crippen molar-refractivity contribution in [1.82, 2.24) is 0 Å². The summed E-state index contributed by atoms with van der Waals surface area (Å²) in [5.41, 5.74) is 0. The first kappa shape index (κ1) is 16.2. The van der Waals surface area contributed by atoms with Gasteiger partial charge in [-0.1, -0.05) is 56.5 Å². The van der Waals surface area contributed by atoms with Crippen LogP contribution in [-0.4, -0.2) is 6.29 Å². The summed E-state index contributed by atoms with van der Waals surface area (Å²) in [6.45, 7) is 0. The molecule has 2 saturated carbocycles. The van der Waals surface area contributed by atoms with Crippen LogP contribution in [0.3, 0.4) is 0 Å². The SMILES string of the molecule is C1CCCC1.O=CC=C(Cl)C1CCCC1.[Fe]. The number of allylic oxidation sites excluding steroid dienone is 2. The Balaban J connectivity index is 0.000000318. The van der Waals surface area contributed by atoms with Crippen LogP contribution in [0.2, 0.25) is 0 Å². The molecule has 2 aliphatic rings. The summed E-state index contributed by atoms with van der Waals surface area (Å²) >= 11 is 5.82. The standard InChI is InChI=1S/C8H11ClO.C5H10.Fe/c9-8(5-6-10)7-3-1-2-4-7;1-2-4-5-3-1;/h5-7H,1-4H2;1-5H2;. The largest absolute Gasteiger partial charge is 0.299 e. The van der Waals surface area contributed by atoms with E-state index in [9.17, 15) is 4.79 Å². The Morgan fingerprint density at radius 3 is 1.75 bits per heavy atom. The van der Waals surface area contributed by atoms with Gasteiger partial charge in [-0.05, 0) is 24.8 Å². The Hall–Kier alpha value is 0.219. The second-order valence-electron chi connectivity index (χ2n) is 4.44. The Kier molecular flexibility index (Phi) is 10.5. The van der Waals surface area contributed by atoms with Gasteiger partial charge in [0.25, 0.3) is 0 Å². The van der Waals surface area contributed by atoms with Gasteiger partial charge in [0.15, 0.2) is 0 Å². The van der Waals surface area contributed by atoms with E-state index in [0.717, 1.165) is 24.2 Å². The quantitative estimate of drug-likeness (QED) is 0.416. The fourth-order valence-corrected chi connectivity index (χ4v) is 2.56. The predicted octanol–water partition coefficient (Wildman–Crippen LogP) is 4.45. The van der Waals surface area contributed by atoms with E-state index in [1.165, 1.54) is 51.0 Å². The zero-order chi connectivity index (χ0) is 10.9. The van der Waals surface area contributed by atoms with Gasteiger partial charge in [-0.15, -0.1) is 0 Å². The van der Waals surface area contributed by atoms with Gasteiger partial charge in [-0.25, -0.2) is 0 Å². The minimum atomic E-state index is 0. The van der Waals surface area contributed by atoms with Gasteiger partial charge in [-0.3, -0.25) is 4.79 Å². The van der Waals surface area contributed by atoms with E-state index in [1.54, 1.807) is 0 Å². The zero-order valence-corrected chi connectivity index (χ0v) is 11.6. The second-order valence-corrected chi connectivity index (χ2v) is 4.87. The molecule has 0 aromatic heterocycles. The molecule has 1 nitrogen and oxygen atoms in total. The third-order valence-electron chi connectivity index (χ3n) is 3.22. The minimum absolute atomic E-state index is 0. The Morgan fingerprint density at radius 1 is 0.938 bits per heavy atom. The summed E-state index contributed by atoms with van der Waals surface area (Å²) in [7, 11) is 0. The van der Waals surface area contributed by atoms with E-state index < -0.39 is 0 Å². The fourth-order valence-electron chi connectivity index (χ4n) is 2.29. The predicted molar refractivity (Wildman–Crippen MR) is 65.0 cm³/mol. The summed E-state index contributed by atoms with van der Waals surface area (Å²) in [5, 5.41) is 0.743. The third kappa shape index (κ3) is 6.73. The molecule has 0 aliphatic heterocycles. The molecule has 0 saturated heterocycles. The number of aldehydes is 1. The van der Waals surface area contributed by atoms with Crippen LogP contribution >= 0.6 is 11.6 Å². The van der Waals surface area contributed by atoms with Gasteiger partial charge in [0.1, 0.15) is 6.29 Å². The molecule has 0 unspecified atom stereocenters. The summed E-state index contributed by atoms with van der Waals surface area (Å²) in [5.74, 6) is 0.479. The number of carbonyl (C=O) groups excluding carboxylic acids is 1. The van der Waals surface area contributed by atoms with E-state index >= 15 is 0 Å². The maximum Gasteiger partial charge on any atom is 0.144 e. The molecule has 0 aromatic carbocycles. The Bertz CT molecular complexity index is 198. The van der Waals surface area contributed by atoms with Gasteiger partial charge in [-0.2, -0.15) is 0 Å². The van der Waals surface area contributed by atoms with Crippen molar-refractivity contribution in [2.24, 2.45) is 5.92 Å². The van der Waals surface area contributed by atoms with Crippen LogP contribution in [0, 0.1) is 5.92 Å². The average Bonchev–Trinajstić information content (AvgIpc) is 2.95. The number of hydrogen-bond donors (Lipinski definition) is 0. The Labute approximate surface area is 114 Å². The van der Waals surface area contributed by atoms with Crippen LogP contribution < -0.4 is 0 Å². The second kappa shape index (κ2) is 10.4. The first-order chi connectivity index (χ1) is 7.34. The summed E-state index contributed by atoms with van der Waals surface area (Å²) < 4.78 is 0. The first-order valence-electron chi connectivity index (χ1n) is 6.15. The van der Waals surface area contributed by atoms with Crippen molar-refractivity contribution in [3.05, 3.63) is 11.1 Å². The van der Waals surface area contributed by atoms with Gasteiger partial charge < -0.3 is 0 Å². The number of carbonyl (C=O) groups is 1. The van der Waals surface area contributed by atoms with Gasteiger partial charge >= 0.3 is 0 Å². The van der Waals surface area contributed by atoms with Crippen molar-refractivity contribution in [2.45, 2.75) is 57.8 Å². The Morgan fingerprint density at radius 2 is 1.38 bits per heavy atom. The van der Waals surface area contributed by atoms with E-state index in [1.807, 2.05) is 0 Å². The van der Waals surface area contributed by atoms with E-state index in [2.05, 4.69) is 0 Å². The normalized spacial score (nSPS) is 20.9. The van der Waals surface area contributed by atoms with Crippen LogP contribution in [-0.2, 0) is 21.9 Å². The first-order valence-corrected chi connectivity index (χ1v) is 6.53. The fraction of sp³-hybridized carbons (Fsp3) is 0.769. The van der Waals surface area contributed by atoms with Gasteiger partial charge in [0.05, 0.1) is 0 Å². The molecule has 0 bridgehead atoms. The molecule has 0 amide bonds. The van der Waals surface area contributed by atoms with Crippen LogP contribution in [0.15, 0.2) is 11.1 Å². The van der Waals surface area contributed by atoms with Crippen LogP contribution in [0.5, 0.6) is 0 Å². The van der Waals surface area contributed by atoms with Crippen LogP contribution in [0.1, 0.15) is 57.8 Å². The molecule has 0 radical (unpaired) electrons. The molecule has 0 spiro atoms. The molecule has 2 fully saturated rings. The van der Waals surface area contributed by atoms with Gasteiger partial charge in [0, 0.05) is 22.1 Å². The van der Waals surface area contributed by atoms with Gasteiger partial charge in [0.2, 0.25) is 0 Å². The summed E-state index contributed by atoms with van der Waals surface area (Å²) in [6.07, 6.45) is 14.6. The average molecular weight is 285 g/mol. The smallest absolute Gasteiger partial charge is 0.144 e. The molecule has 0 heterocycles. The third-order valence-corrected chi connectivity index (χ3v) is 3.66. The van der Waals surface area contributed by atoms with Crippen molar-refractivity contribution in [3.63, 3.8) is 0 Å². The molecular formula is C13H21ClFeO. The molecule has 2 rings (SSSR count). The molecular weight excluding hydrogens is 263 g/mol. The van der Waals surface area contributed by atoms with E-state index in [-0.39, 0.29) is 17.1 Å². The number of rotatable bonds is 2. The maximum absolute atomic E-state index is 10.0. The molecule has 3 heteroatoms. The van der Waals surface area contributed by atoms with Crippen molar-refractivity contribution in [3.8, 4) is 0 Å². The molecule has 16 heavy (non-hydrogen) atoms. The minimum Gasteiger partial charge on any atom is -0.299 e. The van der Waals surface area contributed by atoms with E-state index in [4.69, 9.17) is 11.6 Å². The van der Waals surface area contributed by atoms with Crippen molar-refractivity contribution in [1.29, 1.82) is 0 Å². The van der Waals surface area contributed by atoms with E-state index in [0.29, 0.717) is 5.92 Å². The maximum atomic E-state index is 10.0. The summed E-state index contributed by atoms with van der Waals surface area (Å²) in [6, 6.07) is 0. The molecule has 94 valence electrons. The molecule has 0 atom stereocenters. The summed E-state index contributed by atoms with van der Waals surface area (Å²) in [4.78, 5) is 10.0. The number of halogens is 1. The van der Waals surface area contributed by atoms with Crippen molar-refractivity contribution >= 4 is 17.9 Å². The number of hydrogen-bond acceptors (Lipinski definition) is 1. The zero-order valence-electron chi connectivity index (χ0n) is 9.74. The molecule has 0 aromatic rings. The van der Waals surface area contributed by atoms with Crippen LogP contribution in [0.4, 0.5) is 0 Å². The topological polar surface area (TPSA) is 17.1 Å².